The monoisotopic (exact) mass is 310 g/mol. The fourth-order valence-electron chi connectivity index (χ4n) is 2.41. The van der Waals surface area contributed by atoms with Crippen LogP contribution in [0.3, 0.4) is 0 Å². The number of rotatable bonds is 4. The normalized spacial score (nSPS) is 18.4. The lowest BCUT2D eigenvalue weighted by Gasteiger charge is -2.25. The summed E-state index contributed by atoms with van der Waals surface area (Å²) in [6, 6.07) is 6.15. The molecule has 1 aliphatic rings. The molecule has 1 aromatic rings. The molecule has 1 aliphatic heterocycles. The molecule has 1 N–H and O–H groups in total. The van der Waals surface area contributed by atoms with Gasteiger partial charge in [-0.1, -0.05) is 23.8 Å². The summed E-state index contributed by atoms with van der Waals surface area (Å²) in [5, 5.41) is 2.90. The molecule has 1 aromatic carbocycles. The van der Waals surface area contributed by atoms with Crippen molar-refractivity contribution in [2.75, 3.05) is 31.1 Å². The van der Waals surface area contributed by atoms with E-state index in [9.17, 15) is 13.2 Å². The predicted molar refractivity (Wildman–Crippen MR) is 82.9 cm³/mol. The van der Waals surface area contributed by atoms with E-state index in [0.717, 1.165) is 5.56 Å². The molecule has 0 unspecified atom stereocenters. The number of nitrogens with one attached hydrogen (secondary N) is 1. The lowest BCUT2D eigenvalue weighted by Crippen LogP contribution is -2.45. The molecular formula is C15H22N2O3S. The Bertz CT molecular complexity index is 612. The Morgan fingerprint density at radius 1 is 1.24 bits per heavy atom. The quantitative estimate of drug-likeness (QED) is 0.887. The summed E-state index contributed by atoms with van der Waals surface area (Å²) >= 11 is 0. The first kappa shape index (κ1) is 16.0. The first-order valence-electron chi connectivity index (χ1n) is 7.11. The van der Waals surface area contributed by atoms with Crippen molar-refractivity contribution in [3.05, 3.63) is 34.9 Å². The molecule has 1 heterocycles. The second-order valence-corrected chi connectivity index (χ2v) is 7.94. The summed E-state index contributed by atoms with van der Waals surface area (Å²) in [7, 11) is -2.89. The average molecular weight is 310 g/mol. The van der Waals surface area contributed by atoms with E-state index in [1.165, 1.54) is 11.1 Å². The van der Waals surface area contributed by atoms with Crippen molar-refractivity contribution in [1.29, 1.82) is 0 Å². The van der Waals surface area contributed by atoms with Gasteiger partial charge in [0.1, 0.15) is 0 Å². The maximum absolute atomic E-state index is 11.9. The zero-order valence-electron chi connectivity index (χ0n) is 12.6. The van der Waals surface area contributed by atoms with Crippen molar-refractivity contribution in [1.82, 2.24) is 10.2 Å². The summed E-state index contributed by atoms with van der Waals surface area (Å²) in [6.45, 7) is 5.74. The molecule has 21 heavy (non-hydrogen) atoms. The third-order valence-corrected chi connectivity index (χ3v) is 5.39. The molecule has 2 rings (SSSR count). The van der Waals surface area contributed by atoms with Crippen molar-refractivity contribution in [2.24, 2.45) is 0 Å². The summed E-state index contributed by atoms with van der Waals surface area (Å²) in [4.78, 5) is 13.8. The minimum absolute atomic E-state index is 0.0609. The minimum atomic E-state index is -2.89. The van der Waals surface area contributed by atoms with Gasteiger partial charge in [0.2, 0.25) is 5.91 Å². The van der Waals surface area contributed by atoms with Crippen molar-refractivity contribution in [2.45, 2.75) is 20.4 Å². The Morgan fingerprint density at radius 2 is 1.90 bits per heavy atom. The summed E-state index contributed by atoms with van der Waals surface area (Å²) in [5.74, 6) is 0.239. The molecule has 0 radical (unpaired) electrons. The Hall–Kier alpha value is -1.40. The van der Waals surface area contributed by atoms with E-state index in [-0.39, 0.29) is 24.0 Å². The number of carbonyl (C=O) groups excluding carboxylic acids is 1. The SMILES string of the molecule is Cc1ccc(CNC(=O)CN2CCS(=O)(=O)CC2)c(C)c1. The van der Waals surface area contributed by atoms with Gasteiger partial charge in [0.15, 0.2) is 9.84 Å². The maximum Gasteiger partial charge on any atom is 0.234 e. The third kappa shape index (κ3) is 4.82. The second-order valence-electron chi connectivity index (χ2n) is 5.63. The molecule has 6 heteroatoms. The second kappa shape index (κ2) is 6.58. The van der Waals surface area contributed by atoms with Crippen molar-refractivity contribution in [3.63, 3.8) is 0 Å². The van der Waals surface area contributed by atoms with Crippen LogP contribution in [0.25, 0.3) is 0 Å². The van der Waals surface area contributed by atoms with Crippen LogP contribution in [0.2, 0.25) is 0 Å². The van der Waals surface area contributed by atoms with Crippen LogP contribution in [-0.2, 0) is 21.2 Å². The van der Waals surface area contributed by atoms with Gasteiger partial charge in [-0.25, -0.2) is 8.42 Å². The topological polar surface area (TPSA) is 66.5 Å². The Kier molecular flexibility index (Phi) is 5.00. The first-order valence-corrected chi connectivity index (χ1v) is 8.93. The first-order chi connectivity index (χ1) is 9.85. The molecule has 0 bridgehead atoms. The van der Waals surface area contributed by atoms with Gasteiger partial charge in [-0.2, -0.15) is 0 Å². The molecule has 116 valence electrons. The standard InChI is InChI=1S/C15H22N2O3S/c1-12-3-4-14(13(2)9-12)10-16-15(18)11-17-5-7-21(19,20)8-6-17/h3-4,9H,5-8,10-11H2,1-2H3,(H,16,18). The maximum atomic E-state index is 11.9. The van der Waals surface area contributed by atoms with Crippen LogP contribution in [0.15, 0.2) is 18.2 Å². The molecule has 0 saturated carbocycles. The lowest BCUT2D eigenvalue weighted by atomic mass is 10.1. The molecule has 0 aliphatic carbocycles. The van der Waals surface area contributed by atoms with Crippen molar-refractivity contribution >= 4 is 15.7 Å². The minimum Gasteiger partial charge on any atom is -0.351 e. The molecule has 0 aromatic heterocycles. The van der Waals surface area contributed by atoms with Gasteiger partial charge in [0, 0.05) is 19.6 Å². The van der Waals surface area contributed by atoms with Crippen LogP contribution in [-0.4, -0.2) is 50.4 Å². The van der Waals surface area contributed by atoms with E-state index in [1.54, 1.807) is 0 Å². The van der Waals surface area contributed by atoms with Gasteiger partial charge in [0.25, 0.3) is 0 Å². The highest BCUT2D eigenvalue weighted by Crippen LogP contribution is 2.10. The van der Waals surface area contributed by atoms with Gasteiger partial charge in [-0.15, -0.1) is 0 Å². The summed E-state index contributed by atoms with van der Waals surface area (Å²) < 4.78 is 22.7. The summed E-state index contributed by atoms with van der Waals surface area (Å²) in [5.41, 5.74) is 3.48. The number of nitrogens with zero attached hydrogens (tertiary/aromatic N) is 1. The fourth-order valence-corrected chi connectivity index (χ4v) is 3.68. The molecule has 5 nitrogen and oxygen atoms in total. The largest absolute Gasteiger partial charge is 0.351 e. The molecule has 0 spiro atoms. The predicted octanol–water partition coefficient (Wildman–Crippen LogP) is 0.650. The molecule has 1 fully saturated rings. The number of aryl methyl sites for hydroxylation is 2. The third-order valence-electron chi connectivity index (χ3n) is 3.78. The van der Waals surface area contributed by atoms with E-state index >= 15 is 0 Å². The van der Waals surface area contributed by atoms with E-state index in [2.05, 4.69) is 11.4 Å². The zero-order chi connectivity index (χ0) is 15.5. The lowest BCUT2D eigenvalue weighted by molar-refractivity contribution is -0.122. The number of amides is 1. The van der Waals surface area contributed by atoms with Crippen LogP contribution in [0.4, 0.5) is 0 Å². The van der Waals surface area contributed by atoms with Gasteiger partial charge in [0.05, 0.1) is 18.1 Å². The van der Waals surface area contributed by atoms with Gasteiger partial charge >= 0.3 is 0 Å². The van der Waals surface area contributed by atoms with Gasteiger partial charge in [-0.3, -0.25) is 9.69 Å². The number of hydrogen-bond acceptors (Lipinski definition) is 4. The van der Waals surface area contributed by atoms with Crippen LogP contribution in [0.5, 0.6) is 0 Å². The van der Waals surface area contributed by atoms with Crippen molar-refractivity contribution < 1.29 is 13.2 Å². The summed E-state index contributed by atoms with van der Waals surface area (Å²) in [6.07, 6.45) is 0. The Balaban J connectivity index is 1.80. The Labute approximate surface area is 126 Å². The highest BCUT2D eigenvalue weighted by Gasteiger charge is 2.22. The van der Waals surface area contributed by atoms with E-state index in [1.807, 2.05) is 30.9 Å². The van der Waals surface area contributed by atoms with Crippen LogP contribution in [0, 0.1) is 13.8 Å². The smallest absolute Gasteiger partial charge is 0.234 e. The van der Waals surface area contributed by atoms with E-state index in [0.29, 0.717) is 19.6 Å². The highest BCUT2D eigenvalue weighted by molar-refractivity contribution is 7.91. The van der Waals surface area contributed by atoms with Crippen molar-refractivity contribution in [3.8, 4) is 0 Å². The fraction of sp³-hybridized carbons (Fsp3) is 0.533. The van der Waals surface area contributed by atoms with Crippen LogP contribution >= 0.6 is 0 Å². The number of carbonyl (C=O) groups is 1. The van der Waals surface area contributed by atoms with E-state index in [4.69, 9.17) is 0 Å². The van der Waals surface area contributed by atoms with Gasteiger partial charge < -0.3 is 5.32 Å². The number of hydrogen-bond donors (Lipinski definition) is 1. The van der Waals surface area contributed by atoms with Gasteiger partial charge in [-0.05, 0) is 25.0 Å². The molecule has 0 atom stereocenters. The molecule has 1 amide bonds. The highest BCUT2D eigenvalue weighted by atomic mass is 32.2. The molecular weight excluding hydrogens is 288 g/mol. The molecule has 1 saturated heterocycles. The number of benzene rings is 1. The van der Waals surface area contributed by atoms with Crippen LogP contribution in [0.1, 0.15) is 16.7 Å². The average Bonchev–Trinajstić information content (AvgIpc) is 2.40. The Morgan fingerprint density at radius 3 is 2.52 bits per heavy atom. The zero-order valence-corrected chi connectivity index (χ0v) is 13.4. The number of sulfone groups is 1. The van der Waals surface area contributed by atoms with E-state index < -0.39 is 9.84 Å². The van der Waals surface area contributed by atoms with Crippen LogP contribution < -0.4 is 5.32 Å².